The van der Waals surface area contributed by atoms with E-state index in [2.05, 4.69) is 20.3 Å². The van der Waals surface area contributed by atoms with E-state index in [9.17, 15) is 22.0 Å². The summed E-state index contributed by atoms with van der Waals surface area (Å²) in [4.78, 5) is 16.4. The maximum atomic E-state index is 14.2. The number of hydrogen-bond donors (Lipinski definition) is 3. The van der Waals surface area contributed by atoms with Crippen molar-refractivity contribution in [2.24, 2.45) is 7.05 Å². The van der Waals surface area contributed by atoms with Crippen LogP contribution in [0, 0.1) is 11.6 Å². The number of sulfonamides is 1. The van der Waals surface area contributed by atoms with E-state index in [1.807, 2.05) is 13.2 Å². The SMILES string of the molecule is Cn1cnc(CNc2cc(NS(=O)(=O)c3ccc(F)cc3F)cc3c2NC(=O)C32CCC2)c1. The van der Waals surface area contributed by atoms with E-state index in [1.54, 1.807) is 23.0 Å². The second-order valence-corrected chi connectivity index (χ2v) is 10.1. The van der Waals surface area contributed by atoms with E-state index in [-0.39, 0.29) is 11.6 Å². The van der Waals surface area contributed by atoms with Gasteiger partial charge in [0.25, 0.3) is 10.0 Å². The molecule has 1 spiro atoms. The summed E-state index contributed by atoms with van der Waals surface area (Å²) >= 11 is 0. The van der Waals surface area contributed by atoms with Crippen molar-refractivity contribution in [2.45, 2.75) is 36.1 Å². The quantitative estimate of drug-likeness (QED) is 0.508. The first kappa shape index (κ1) is 21.4. The number of halogens is 2. The number of rotatable bonds is 6. The molecule has 0 saturated heterocycles. The van der Waals surface area contributed by atoms with Gasteiger partial charge < -0.3 is 15.2 Å². The smallest absolute Gasteiger partial charge is 0.264 e. The van der Waals surface area contributed by atoms with Gasteiger partial charge in [0, 0.05) is 19.3 Å². The van der Waals surface area contributed by atoms with Gasteiger partial charge in [-0.25, -0.2) is 22.2 Å². The van der Waals surface area contributed by atoms with Gasteiger partial charge >= 0.3 is 0 Å². The van der Waals surface area contributed by atoms with E-state index in [1.165, 1.54) is 0 Å². The molecule has 1 aliphatic carbocycles. The van der Waals surface area contributed by atoms with Gasteiger partial charge in [-0.1, -0.05) is 6.42 Å². The van der Waals surface area contributed by atoms with Gasteiger partial charge in [-0.05, 0) is 42.7 Å². The maximum absolute atomic E-state index is 14.2. The highest BCUT2D eigenvalue weighted by Gasteiger charge is 2.52. The van der Waals surface area contributed by atoms with Crippen LogP contribution in [0.4, 0.5) is 25.8 Å². The molecular formula is C22H21F2N5O3S. The molecule has 8 nitrogen and oxygen atoms in total. The summed E-state index contributed by atoms with van der Waals surface area (Å²) in [5.41, 5.74) is 2.05. The van der Waals surface area contributed by atoms with Gasteiger partial charge in [-0.3, -0.25) is 9.52 Å². The van der Waals surface area contributed by atoms with Crippen LogP contribution in [0.2, 0.25) is 0 Å². The van der Waals surface area contributed by atoms with Crippen molar-refractivity contribution in [1.29, 1.82) is 0 Å². The lowest BCUT2D eigenvalue weighted by Crippen LogP contribution is -2.40. The summed E-state index contributed by atoms with van der Waals surface area (Å²) in [6.45, 7) is 0.346. The Labute approximate surface area is 189 Å². The van der Waals surface area contributed by atoms with Crippen molar-refractivity contribution in [3.05, 3.63) is 65.7 Å². The second kappa shape index (κ2) is 7.55. The molecule has 2 heterocycles. The summed E-state index contributed by atoms with van der Waals surface area (Å²) in [7, 11) is -2.49. The van der Waals surface area contributed by atoms with E-state index in [0.717, 1.165) is 24.2 Å². The Kier molecular flexibility index (Phi) is 4.89. The minimum absolute atomic E-state index is 0.116. The molecule has 33 heavy (non-hydrogen) atoms. The summed E-state index contributed by atoms with van der Waals surface area (Å²) in [5, 5.41) is 6.15. The van der Waals surface area contributed by atoms with Crippen LogP contribution < -0.4 is 15.4 Å². The van der Waals surface area contributed by atoms with Crippen LogP contribution in [0.25, 0.3) is 0 Å². The van der Waals surface area contributed by atoms with Crippen molar-refractivity contribution in [1.82, 2.24) is 9.55 Å². The van der Waals surface area contributed by atoms with Crippen LogP contribution in [0.5, 0.6) is 0 Å². The van der Waals surface area contributed by atoms with Gasteiger partial charge in [0.2, 0.25) is 5.91 Å². The van der Waals surface area contributed by atoms with Gasteiger partial charge in [0.15, 0.2) is 0 Å². The van der Waals surface area contributed by atoms with Crippen molar-refractivity contribution in [3.8, 4) is 0 Å². The average Bonchev–Trinajstić information content (AvgIpc) is 3.25. The number of fused-ring (bicyclic) bond motifs is 2. The third kappa shape index (κ3) is 3.62. The fraction of sp³-hybridized carbons (Fsp3) is 0.273. The van der Waals surface area contributed by atoms with E-state index >= 15 is 0 Å². The number of carbonyl (C=O) groups excluding carboxylic acids is 1. The zero-order chi connectivity index (χ0) is 23.4. The van der Waals surface area contributed by atoms with Gasteiger partial charge in [-0.15, -0.1) is 0 Å². The predicted molar refractivity (Wildman–Crippen MR) is 118 cm³/mol. The number of aryl methyl sites for hydroxylation is 1. The normalized spacial score (nSPS) is 16.3. The van der Waals surface area contributed by atoms with E-state index < -0.39 is 32.0 Å². The summed E-state index contributed by atoms with van der Waals surface area (Å²) in [6, 6.07) is 5.42. The first-order chi connectivity index (χ1) is 15.7. The number of anilines is 3. The zero-order valence-electron chi connectivity index (χ0n) is 17.7. The number of carbonyl (C=O) groups is 1. The Morgan fingerprint density at radius 1 is 1.21 bits per heavy atom. The number of nitrogens with zero attached hydrogens (tertiary/aromatic N) is 2. The van der Waals surface area contributed by atoms with Crippen LogP contribution in [0.1, 0.15) is 30.5 Å². The molecule has 0 radical (unpaired) electrons. The third-order valence-electron chi connectivity index (χ3n) is 6.19. The van der Waals surface area contributed by atoms with Crippen LogP contribution >= 0.6 is 0 Å². The summed E-state index contributed by atoms with van der Waals surface area (Å²) in [6.07, 6.45) is 5.71. The molecule has 2 aromatic carbocycles. The molecule has 3 aromatic rings. The molecule has 172 valence electrons. The number of benzene rings is 2. The molecule has 2 aliphatic rings. The molecule has 3 N–H and O–H groups in total. The molecule has 0 unspecified atom stereocenters. The molecule has 1 saturated carbocycles. The fourth-order valence-corrected chi connectivity index (χ4v) is 5.48. The third-order valence-corrected chi connectivity index (χ3v) is 7.60. The van der Waals surface area contributed by atoms with E-state index in [4.69, 9.17) is 0 Å². The average molecular weight is 474 g/mol. The second-order valence-electron chi connectivity index (χ2n) is 8.40. The Morgan fingerprint density at radius 2 is 2.00 bits per heavy atom. The van der Waals surface area contributed by atoms with E-state index in [0.29, 0.717) is 42.4 Å². The Bertz CT molecular complexity index is 1380. The monoisotopic (exact) mass is 473 g/mol. The molecule has 1 amide bonds. The molecule has 5 rings (SSSR count). The Morgan fingerprint density at radius 3 is 2.64 bits per heavy atom. The summed E-state index contributed by atoms with van der Waals surface area (Å²) in [5.74, 6) is -2.18. The molecule has 0 atom stereocenters. The number of nitrogens with one attached hydrogen (secondary N) is 3. The fourth-order valence-electron chi connectivity index (χ4n) is 4.38. The molecule has 1 fully saturated rings. The summed E-state index contributed by atoms with van der Waals surface area (Å²) < 4.78 is 57.3. The van der Waals surface area contributed by atoms with Crippen molar-refractivity contribution in [2.75, 3.05) is 15.4 Å². The van der Waals surface area contributed by atoms with Gasteiger partial charge in [0.05, 0.1) is 41.0 Å². The van der Waals surface area contributed by atoms with Crippen LogP contribution in [-0.4, -0.2) is 23.9 Å². The molecular weight excluding hydrogens is 452 g/mol. The predicted octanol–water partition coefficient (Wildman–Crippen LogP) is 3.49. The van der Waals surface area contributed by atoms with Crippen LogP contribution in [-0.2, 0) is 33.8 Å². The topological polar surface area (TPSA) is 105 Å². The van der Waals surface area contributed by atoms with Crippen molar-refractivity contribution in [3.63, 3.8) is 0 Å². The number of aromatic nitrogens is 2. The molecule has 0 bridgehead atoms. The highest BCUT2D eigenvalue weighted by Crippen LogP contribution is 2.54. The Hall–Kier alpha value is -3.47. The lowest BCUT2D eigenvalue weighted by molar-refractivity contribution is -0.123. The maximum Gasteiger partial charge on any atom is 0.264 e. The highest BCUT2D eigenvalue weighted by molar-refractivity contribution is 7.92. The van der Waals surface area contributed by atoms with Gasteiger partial charge in [0.1, 0.15) is 16.5 Å². The molecule has 1 aromatic heterocycles. The minimum atomic E-state index is -4.34. The van der Waals surface area contributed by atoms with Crippen LogP contribution in [0.15, 0.2) is 47.8 Å². The Balaban J connectivity index is 1.53. The minimum Gasteiger partial charge on any atom is -0.378 e. The number of hydrogen-bond acceptors (Lipinski definition) is 5. The zero-order valence-corrected chi connectivity index (χ0v) is 18.5. The first-order valence-corrected chi connectivity index (χ1v) is 11.8. The highest BCUT2D eigenvalue weighted by atomic mass is 32.2. The van der Waals surface area contributed by atoms with Crippen molar-refractivity contribution < 1.29 is 22.0 Å². The largest absolute Gasteiger partial charge is 0.378 e. The van der Waals surface area contributed by atoms with Crippen LogP contribution in [0.3, 0.4) is 0 Å². The standard InChI is InChI=1S/C22H21F2N5O3S/c1-29-11-15(26-12-29)10-25-18-9-14(8-16-20(18)27-21(30)22(16)5-2-6-22)28-33(31,32)19-4-3-13(23)7-17(19)24/h3-4,7-9,11-12,25,28H,2,5-6,10H2,1H3,(H,27,30). The molecule has 11 heteroatoms. The number of amides is 1. The lowest BCUT2D eigenvalue weighted by atomic mass is 9.65. The molecule has 1 aliphatic heterocycles. The first-order valence-electron chi connectivity index (χ1n) is 10.4. The van der Waals surface area contributed by atoms with Crippen molar-refractivity contribution >= 4 is 33.0 Å². The lowest BCUT2D eigenvalue weighted by Gasteiger charge is -2.36. The van der Waals surface area contributed by atoms with Gasteiger partial charge in [-0.2, -0.15) is 0 Å². The number of imidazole rings is 1.